The third-order valence-electron chi connectivity index (χ3n) is 4.98. The van der Waals surface area contributed by atoms with E-state index in [4.69, 9.17) is 26.0 Å². The molecule has 0 radical (unpaired) electrons. The third kappa shape index (κ3) is 5.10. The van der Waals surface area contributed by atoms with E-state index < -0.39 is 0 Å². The maximum Gasteiger partial charge on any atom is 0.243 e. The second-order valence-electron chi connectivity index (χ2n) is 7.15. The average Bonchev–Trinajstić information content (AvgIpc) is 3.44. The number of nitrogens with zero attached hydrogens (tertiary/aromatic N) is 4. The van der Waals surface area contributed by atoms with E-state index in [-0.39, 0.29) is 25.5 Å². The van der Waals surface area contributed by atoms with E-state index in [2.05, 4.69) is 11.1 Å². The van der Waals surface area contributed by atoms with Crippen LogP contribution >= 0.6 is 11.6 Å². The minimum Gasteiger partial charge on any atom is -0.486 e. The van der Waals surface area contributed by atoms with Gasteiger partial charge >= 0.3 is 0 Å². The summed E-state index contributed by atoms with van der Waals surface area (Å²) in [5.41, 5.74) is 1.62. The number of aromatic nitrogens is 2. The molecule has 2 heterocycles. The van der Waals surface area contributed by atoms with Gasteiger partial charge in [0.1, 0.15) is 30.5 Å². The van der Waals surface area contributed by atoms with Crippen molar-refractivity contribution in [3.63, 3.8) is 0 Å². The molecule has 2 aromatic heterocycles. The van der Waals surface area contributed by atoms with Crippen molar-refractivity contribution in [1.29, 1.82) is 5.26 Å². The molecule has 0 unspecified atom stereocenters. The first-order valence-electron chi connectivity index (χ1n) is 10.1. The fourth-order valence-electron chi connectivity index (χ4n) is 3.39. The Morgan fingerprint density at radius 3 is 2.72 bits per heavy atom. The van der Waals surface area contributed by atoms with Gasteiger partial charge in [-0.05, 0) is 48.5 Å². The lowest BCUT2D eigenvalue weighted by molar-refractivity contribution is -0.132. The Labute approximate surface area is 190 Å². The molecule has 0 aliphatic rings. The van der Waals surface area contributed by atoms with Crippen LogP contribution in [0, 0.1) is 11.3 Å². The van der Waals surface area contributed by atoms with E-state index in [9.17, 15) is 4.79 Å². The molecule has 0 fully saturated rings. The normalized spacial score (nSPS) is 10.8. The van der Waals surface area contributed by atoms with E-state index in [0.717, 1.165) is 11.0 Å². The number of carbonyl (C=O) groups excluding carboxylic acids is 1. The quantitative estimate of drug-likeness (QED) is 0.367. The SMILES string of the molecule is N#CCCN(Cc1ccco1)C(=O)Cn1c(COc2ccc(Cl)cc2)nc2ccccc21. The second-order valence-corrected chi connectivity index (χ2v) is 7.58. The van der Waals surface area contributed by atoms with Crippen LogP contribution in [0.2, 0.25) is 5.02 Å². The zero-order chi connectivity index (χ0) is 22.3. The summed E-state index contributed by atoms with van der Waals surface area (Å²) in [5.74, 6) is 1.83. The van der Waals surface area contributed by atoms with Crippen LogP contribution in [0.15, 0.2) is 71.3 Å². The van der Waals surface area contributed by atoms with Gasteiger partial charge in [0.15, 0.2) is 0 Å². The largest absolute Gasteiger partial charge is 0.486 e. The molecule has 0 N–H and O–H groups in total. The van der Waals surface area contributed by atoms with Crippen LogP contribution < -0.4 is 4.74 Å². The van der Waals surface area contributed by atoms with E-state index >= 15 is 0 Å². The molecular formula is C24H21ClN4O3. The molecule has 7 nitrogen and oxygen atoms in total. The van der Waals surface area contributed by atoms with Crippen LogP contribution in [0.5, 0.6) is 5.75 Å². The highest BCUT2D eigenvalue weighted by Crippen LogP contribution is 2.20. The molecule has 0 atom stereocenters. The number of hydrogen-bond acceptors (Lipinski definition) is 5. The predicted octanol–water partition coefficient (Wildman–Crippen LogP) is 4.80. The number of furan rings is 1. The van der Waals surface area contributed by atoms with Crippen molar-refractivity contribution in [3.8, 4) is 11.8 Å². The molecule has 1 amide bonds. The van der Waals surface area contributed by atoms with Crippen molar-refractivity contribution in [2.24, 2.45) is 0 Å². The van der Waals surface area contributed by atoms with Crippen LogP contribution in [0.4, 0.5) is 0 Å². The van der Waals surface area contributed by atoms with E-state index in [1.807, 2.05) is 34.9 Å². The summed E-state index contributed by atoms with van der Waals surface area (Å²) < 4.78 is 13.1. The predicted molar refractivity (Wildman–Crippen MR) is 120 cm³/mol. The van der Waals surface area contributed by atoms with Gasteiger partial charge in [-0.1, -0.05) is 23.7 Å². The number of para-hydroxylation sites is 2. The number of ether oxygens (including phenoxy) is 1. The number of rotatable bonds is 9. The standard InChI is InChI=1S/C24H21ClN4O3/c25-18-8-10-19(11-9-18)32-17-23-27-21-6-1-2-7-22(21)29(23)16-24(30)28(13-4-12-26)15-20-5-3-14-31-20/h1-3,5-11,14H,4,13,15-17H2. The van der Waals surface area contributed by atoms with Gasteiger partial charge in [0, 0.05) is 11.6 Å². The summed E-state index contributed by atoms with van der Waals surface area (Å²) in [6.45, 7) is 0.891. The van der Waals surface area contributed by atoms with E-state index in [0.29, 0.717) is 35.4 Å². The van der Waals surface area contributed by atoms with Crippen molar-refractivity contribution in [2.75, 3.05) is 6.54 Å². The van der Waals surface area contributed by atoms with Gasteiger partial charge in [0.05, 0.1) is 36.3 Å². The van der Waals surface area contributed by atoms with Crippen LogP contribution in [-0.4, -0.2) is 26.9 Å². The maximum atomic E-state index is 13.2. The van der Waals surface area contributed by atoms with Gasteiger partial charge in [0.25, 0.3) is 0 Å². The van der Waals surface area contributed by atoms with Gasteiger partial charge in [-0.3, -0.25) is 4.79 Å². The number of halogens is 1. The van der Waals surface area contributed by atoms with Gasteiger partial charge in [-0.2, -0.15) is 5.26 Å². The Balaban J connectivity index is 1.57. The molecular weight excluding hydrogens is 428 g/mol. The molecule has 0 aliphatic carbocycles. The minimum atomic E-state index is -0.132. The van der Waals surface area contributed by atoms with Crippen LogP contribution in [0.3, 0.4) is 0 Å². The Kier molecular flexibility index (Phi) is 6.73. The topological polar surface area (TPSA) is 84.3 Å². The minimum absolute atomic E-state index is 0.0754. The molecule has 0 saturated carbocycles. The van der Waals surface area contributed by atoms with Gasteiger partial charge < -0.3 is 18.6 Å². The molecule has 0 spiro atoms. The van der Waals surface area contributed by atoms with Crippen LogP contribution in [0.1, 0.15) is 18.0 Å². The molecule has 0 bridgehead atoms. The molecule has 4 rings (SSSR count). The van der Waals surface area contributed by atoms with Gasteiger partial charge in [-0.15, -0.1) is 0 Å². The van der Waals surface area contributed by atoms with Crippen molar-refractivity contribution in [2.45, 2.75) is 26.1 Å². The summed E-state index contributed by atoms with van der Waals surface area (Å²) in [6.07, 6.45) is 1.81. The summed E-state index contributed by atoms with van der Waals surface area (Å²) in [6, 6.07) is 20.4. The molecule has 32 heavy (non-hydrogen) atoms. The Bertz CT molecular complexity index is 1230. The molecule has 4 aromatic rings. The summed E-state index contributed by atoms with van der Waals surface area (Å²) >= 11 is 5.94. The van der Waals surface area contributed by atoms with Crippen LogP contribution in [0.25, 0.3) is 11.0 Å². The second kappa shape index (κ2) is 10.0. The first kappa shape index (κ1) is 21.5. The highest BCUT2D eigenvalue weighted by molar-refractivity contribution is 6.30. The number of fused-ring (bicyclic) bond motifs is 1. The van der Waals surface area contributed by atoms with Crippen molar-refractivity contribution >= 4 is 28.5 Å². The first-order chi connectivity index (χ1) is 15.6. The van der Waals surface area contributed by atoms with Crippen molar-refractivity contribution < 1.29 is 13.9 Å². The lowest BCUT2D eigenvalue weighted by Crippen LogP contribution is -2.34. The average molecular weight is 449 g/mol. The third-order valence-corrected chi connectivity index (χ3v) is 5.23. The number of imidazole rings is 1. The monoisotopic (exact) mass is 448 g/mol. The zero-order valence-corrected chi connectivity index (χ0v) is 18.0. The fourth-order valence-corrected chi connectivity index (χ4v) is 3.52. The zero-order valence-electron chi connectivity index (χ0n) is 17.3. The van der Waals surface area contributed by atoms with E-state index in [1.165, 1.54) is 0 Å². The Morgan fingerprint density at radius 2 is 1.97 bits per heavy atom. The van der Waals surface area contributed by atoms with Gasteiger partial charge in [-0.25, -0.2) is 4.98 Å². The van der Waals surface area contributed by atoms with E-state index in [1.54, 1.807) is 41.5 Å². The Hall–Kier alpha value is -3.76. The van der Waals surface area contributed by atoms with Crippen molar-refractivity contribution in [1.82, 2.24) is 14.5 Å². The lowest BCUT2D eigenvalue weighted by atomic mass is 10.3. The summed E-state index contributed by atoms with van der Waals surface area (Å²) in [4.78, 5) is 19.5. The van der Waals surface area contributed by atoms with Crippen LogP contribution in [-0.2, 0) is 24.5 Å². The highest BCUT2D eigenvalue weighted by atomic mass is 35.5. The molecule has 162 valence electrons. The lowest BCUT2D eigenvalue weighted by Gasteiger charge is -2.21. The number of nitriles is 1. The maximum absolute atomic E-state index is 13.2. The van der Waals surface area contributed by atoms with Crippen molar-refractivity contribution in [3.05, 3.63) is 83.5 Å². The molecule has 8 heteroatoms. The number of benzene rings is 2. The smallest absolute Gasteiger partial charge is 0.243 e. The first-order valence-corrected chi connectivity index (χ1v) is 10.5. The fraction of sp³-hybridized carbons (Fsp3) is 0.208. The number of hydrogen-bond donors (Lipinski definition) is 0. The summed E-state index contributed by atoms with van der Waals surface area (Å²) in [7, 11) is 0. The Morgan fingerprint density at radius 1 is 1.16 bits per heavy atom. The number of amides is 1. The summed E-state index contributed by atoms with van der Waals surface area (Å²) in [5, 5.41) is 9.64. The highest BCUT2D eigenvalue weighted by Gasteiger charge is 2.19. The molecule has 0 saturated heterocycles. The van der Waals surface area contributed by atoms with Gasteiger partial charge in [0.2, 0.25) is 5.91 Å². The number of carbonyl (C=O) groups is 1. The molecule has 2 aromatic carbocycles. The molecule has 0 aliphatic heterocycles.